The molecule has 0 spiro atoms. The Morgan fingerprint density at radius 2 is 1.62 bits per heavy atom. The molecule has 0 aliphatic carbocycles. The second-order valence-corrected chi connectivity index (χ2v) is 2.92. The van der Waals surface area contributed by atoms with Crippen LogP contribution in [0.4, 0.5) is 0 Å². The van der Waals surface area contributed by atoms with E-state index in [-0.39, 0.29) is 35.5 Å². The molecule has 2 unspecified atom stereocenters. The number of hydrogen-bond acceptors (Lipinski definition) is 2. The number of rotatable bonds is 0. The molecule has 0 aromatic carbocycles. The minimum Gasteiger partial charge on any atom is -0.373 e. The smallest absolute Gasteiger partial charge is 0.373 e. The normalized spacial score (nSPS) is 25.8. The number of morpholine rings is 1. The van der Waals surface area contributed by atoms with E-state index in [1.807, 2.05) is 6.92 Å². The van der Waals surface area contributed by atoms with E-state index in [4.69, 9.17) is 4.74 Å². The van der Waals surface area contributed by atoms with Crippen LogP contribution in [0.2, 0.25) is 0 Å². The Balaban J connectivity index is -0.000000180. The van der Waals surface area contributed by atoms with Gasteiger partial charge in [0.1, 0.15) is 0 Å². The summed E-state index contributed by atoms with van der Waals surface area (Å²) in [5.74, 6) is 0. The van der Waals surface area contributed by atoms with E-state index in [2.05, 4.69) is 26.1 Å². The zero-order valence-corrected chi connectivity index (χ0v) is 11.2. The molecule has 1 saturated heterocycles. The van der Waals surface area contributed by atoms with Gasteiger partial charge in [-0.2, -0.15) is 6.42 Å². The average molecular weight is 219 g/mol. The van der Waals surface area contributed by atoms with Crippen molar-refractivity contribution in [2.45, 2.75) is 39.4 Å². The van der Waals surface area contributed by atoms with E-state index in [1.54, 1.807) is 0 Å². The predicted octanol–water partition coefficient (Wildman–Crippen LogP) is 1.65. The Morgan fingerprint density at radius 3 is 1.77 bits per heavy atom. The molecular formula is C9H21ClMgNO+. The zero-order valence-electron chi connectivity index (χ0n) is 9.01. The van der Waals surface area contributed by atoms with E-state index < -0.39 is 0 Å². The SMILES string of the molecule is CC1CNCC(C)O1.Cl.[CH2-]CC.[Mg+2]. The first-order chi connectivity index (χ1) is 5.20. The largest absolute Gasteiger partial charge is 2.00 e. The quantitative estimate of drug-likeness (QED) is 0.494. The van der Waals surface area contributed by atoms with E-state index in [9.17, 15) is 0 Å². The third kappa shape index (κ3) is 13.0. The molecule has 1 aliphatic heterocycles. The summed E-state index contributed by atoms with van der Waals surface area (Å²) in [6, 6.07) is 0. The molecule has 1 heterocycles. The van der Waals surface area contributed by atoms with Gasteiger partial charge in [0, 0.05) is 13.1 Å². The van der Waals surface area contributed by atoms with Crippen LogP contribution in [0.1, 0.15) is 27.2 Å². The summed E-state index contributed by atoms with van der Waals surface area (Å²) in [4.78, 5) is 0. The molecule has 0 aromatic rings. The number of halogens is 1. The molecule has 0 bridgehead atoms. The van der Waals surface area contributed by atoms with E-state index in [0.29, 0.717) is 12.2 Å². The van der Waals surface area contributed by atoms with Crippen LogP contribution in [0, 0.1) is 6.92 Å². The summed E-state index contributed by atoms with van der Waals surface area (Å²) in [5.41, 5.74) is 0. The van der Waals surface area contributed by atoms with Gasteiger partial charge < -0.3 is 17.0 Å². The van der Waals surface area contributed by atoms with Gasteiger partial charge in [0.15, 0.2) is 0 Å². The Morgan fingerprint density at radius 1 is 1.31 bits per heavy atom. The summed E-state index contributed by atoms with van der Waals surface area (Å²) >= 11 is 0. The topological polar surface area (TPSA) is 21.3 Å². The monoisotopic (exact) mass is 218 g/mol. The molecule has 1 fully saturated rings. The van der Waals surface area contributed by atoms with Crippen molar-refractivity contribution < 1.29 is 4.74 Å². The maximum atomic E-state index is 5.42. The second-order valence-electron chi connectivity index (χ2n) is 2.92. The van der Waals surface area contributed by atoms with Crippen LogP contribution >= 0.6 is 12.4 Å². The Bertz CT molecular complexity index is 87.7. The van der Waals surface area contributed by atoms with E-state index in [1.165, 1.54) is 0 Å². The van der Waals surface area contributed by atoms with Crippen LogP contribution in [-0.4, -0.2) is 48.4 Å². The average Bonchev–Trinajstić information content (AvgIpc) is 1.88. The molecule has 1 aliphatic rings. The van der Waals surface area contributed by atoms with Crippen LogP contribution < -0.4 is 5.32 Å². The maximum absolute atomic E-state index is 5.42. The summed E-state index contributed by atoms with van der Waals surface area (Å²) in [5, 5.41) is 3.26. The van der Waals surface area contributed by atoms with E-state index in [0.717, 1.165) is 19.5 Å². The van der Waals surface area contributed by atoms with Crippen LogP contribution in [0.3, 0.4) is 0 Å². The van der Waals surface area contributed by atoms with Crippen LogP contribution in [-0.2, 0) is 4.74 Å². The standard InChI is InChI=1S/C6H13NO.C3H7.ClH.Mg/c1-5-3-7-4-6(2)8-5;1-3-2;;/h5-7H,3-4H2,1-2H3;1,3H2,2H3;1H;/q;-1;;+2. The number of hydrogen-bond donors (Lipinski definition) is 1. The van der Waals surface area contributed by atoms with Crippen molar-refractivity contribution in [3.8, 4) is 0 Å². The van der Waals surface area contributed by atoms with Gasteiger partial charge in [-0.1, -0.05) is 6.92 Å². The third-order valence-corrected chi connectivity index (χ3v) is 1.33. The number of ether oxygens (including phenoxy) is 1. The molecule has 76 valence electrons. The Hall–Kier alpha value is 0.976. The summed E-state index contributed by atoms with van der Waals surface area (Å²) in [6.07, 6.45) is 1.80. The zero-order chi connectivity index (χ0) is 8.69. The van der Waals surface area contributed by atoms with Gasteiger partial charge in [0.2, 0.25) is 0 Å². The molecule has 0 saturated carbocycles. The molecule has 0 radical (unpaired) electrons. The van der Waals surface area contributed by atoms with Crippen LogP contribution in [0.25, 0.3) is 0 Å². The first-order valence-corrected chi connectivity index (χ1v) is 4.36. The first kappa shape index (κ1) is 19.5. The second kappa shape index (κ2) is 13.0. The molecule has 1 N–H and O–H groups in total. The molecule has 0 aromatic heterocycles. The number of nitrogens with one attached hydrogen (secondary N) is 1. The Labute approximate surface area is 105 Å². The molecular weight excluding hydrogens is 198 g/mol. The van der Waals surface area contributed by atoms with Gasteiger partial charge in [0.05, 0.1) is 12.2 Å². The first-order valence-electron chi connectivity index (χ1n) is 4.36. The Kier molecular flexibility index (Phi) is 19.5. The molecule has 4 heteroatoms. The minimum absolute atomic E-state index is 0. The van der Waals surface area contributed by atoms with Crippen LogP contribution in [0.5, 0.6) is 0 Å². The fourth-order valence-corrected chi connectivity index (χ4v) is 0.983. The molecule has 1 rings (SSSR count). The molecule has 2 atom stereocenters. The van der Waals surface area contributed by atoms with Gasteiger partial charge in [-0.3, -0.25) is 0 Å². The van der Waals surface area contributed by atoms with Gasteiger partial charge in [-0.15, -0.1) is 12.4 Å². The van der Waals surface area contributed by atoms with Crippen molar-refractivity contribution in [3.05, 3.63) is 6.92 Å². The summed E-state index contributed by atoms with van der Waals surface area (Å²) in [7, 11) is 0. The van der Waals surface area contributed by atoms with E-state index >= 15 is 0 Å². The van der Waals surface area contributed by atoms with Crippen molar-refractivity contribution in [2.24, 2.45) is 0 Å². The summed E-state index contributed by atoms with van der Waals surface area (Å²) in [6.45, 7) is 11.7. The van der Waals surface area contributed by atoms with Crippen molar-refractivity contribution >= 4 is 35.5 Å². The molecule has 2 nitrogen and oxygen atoms in total. The van der Waals surface area contributed by atoms with Gasteiger partial charge in [-0.05, 0) is 13.8 Å². The molecule has 0 amide bonds. The van der Waals surface area contributed by atoms with Gasteiger partial charge in [0.25, 0.3) is 0 Å². The van der Waals surface area contributed by atoms with Crippen molar-refractivity contribution in [2.75, 3.05) is 13.1 Å². The van der Waals surface area contributed by atoms with Crippen molar-refractivity contribution in [1.29, 1.82) is 0 Å². The third-order valence-electron chi connectivity index (χ3n) is 1.33. The van der Waals surface area contributed by atoms with Crippen molar-refractivity contribution in [1.82, 2.24) is 5.32 Å². The summed E-state index contributed by atoms with van der Waals surface area (Å²) < 4.78 is 5.42. The van der Waals surface area contributed by atoms with Gasteiger partial charge >= 0.3 is 23.1 Å². The minimum atomic E-state index is 0. The maximum Gasteiger partial charge on any atom is 2.00 e. The van der Waals surface area contributed by atoms with Crippen LogP contribution in [0.15, 0.2) is 0 Å². The molecule has 13 heavy (non-hydrogen) atoms. The predicted molar refractivity (Wildman–Crippen MR) is 61.5 cm³/mol. The van der Waals surface area contributed by atoms with Crippen molar-refractivity contribution in [3.63, 3.8) is 0 Å². The fourth-order valence-electron chi connectivity index (χ4n) is 0.983. The fraction of sp³-hybridized carbons (Fsp3) is 0.889. The van der Waals surface area contributed by atoms with Gasteiger partial charge in [-0.25, -0.2) is 0 Å².